The van der Waals surface area contributed by atoms with E-state index in [-0.39, 0.29) is 17.8 Å². The van der Waals surface area contributed by atoms with Crippen molar-refractivity contribution in [2.45, 2.75) is 18.9 Å². The number of nitrogens with zero attached hydrogens (tertiary/aromatic N) is 1. The molecule has 1 aromatic heterocycles. The fraction of sp³-hybridized carbons (Fsp3) is 0.267. The van der Waals surface area contributed by atoms with Gasteiger partial charge in [-0.15, -0.1) is 0 Å². The average Bonchev–Trinajstić information content (AvgIpc) is 2.42. The number of benzene rings is 1. The van der Waals surface area contributed by atoms with Crippen molar-refractivity contribution in [3.8, 4) is 0 Å². The Morgan fingerprint density at radius 3 is 2.63 bits per heavy atom. The quantitative estimate of drug-likeness (QED) is 0.918. The molecule has 1 N–H and O–H groups in total. The maximum Gasteiger partial charge on any atom is 0.124 e. The summed E-state index contributed by atoms with van der Waals surface area (Å²) in [5, 5.41) is 3.28. The first-order valence-electron chi connectivity index (χ1n) is 6.16. The number of hydrogen-bond donors (Lipinski definition) is 1. The van der Waals surface area contributed by atoms with Crippen LogP contribution >= 0.6 is 15.9 Å². The molecule has 2 rings (SSSR count). The van der Waals surface area contributed by atoms with Crippen molar-refractivity contribution in [1.82, 2.24) is 10.3 Å². The molecule has 1 heterocycles. The molecule has 19 heavy (non-hydrogen) atoms. The van der Waals surface area contributed by atoms with Crippen LogP contribution in [0.5, 0.6) is 0 Å². The van der Waals surface area contributed by atoms with Crippen molar-refractivity contribution in [3.05, 3.63) is 64.1 Å². The second-order valence-electron chi connectivity index (χ2n) is 4.48. The van der Waals surface area contributed by atoms with E-state index in [1.54, 1.807) is 12.3 Å². The lowest BCUT2D eigenvalue weighted by molar-refractivity contribution is 0.496. The van der Waals surface area contributed by atoms with Crippen molar-refractivity contribution in [3.63, 3.8) is 0 Å². The molecule has 0 bridgehead atoms. The Morgan fingerprint density at radius 1 is 1.26 bits per heavy atom. The second-order valence-corrected chi connectivity index (χ2v) is 5.33. The summed E-state index contributed by atoms with van der Waals surface area (Å²) in [5.74, 6) is -0.0519. The summed E-state index contributed by atoms with van der Waals surface area (Å²) in [6.45, 7) is 2.11. The number of hydrogen-bond acceptors (Lipinski definition) is 2. The van der Waals surface area contributed by atoms with E-state index in [0.29, 0.717) is 0 Å². The second kappa shape index (κ2) is 6.26. The normalized spacial score (nSPS) is 14.1. The van der Waals surface area contributed by atoms with Gasteiger partial charge in [0, 0.05) is 28.3 Å². The number of aromatic nitrogens is 1. The zero-order chi connectivity index (χ0) is 13.8. The number of nitrogens with one attached hydrogen (secondary N) is 1. The van der Waals surface area contributed by atoms with Crippen LogP contribution in [0.1, 0.15) is 30.1 Å². The number of likely N-dealkylation sites (N-methyl/N-ethyl adjacent to an activating group) is 1. The van der Waals surface area contributed by atoms with Crippen LogP contribution in [-0.4, -0.2) is 12.0 Å². The van der Waals surface area contributed by atoms with E-state index in [1.165, 1.54) is 12.1 Å². The van der Waals surface area contributed by atoms with Gasteiger partial charge in [-0.1, -0.05) is 35.0 Å². The van der Waals surface area contributed by atoms with Gasteiger partial charge in [0.1, 0.15) is 5.82 Å². The minimum atomic E-state index is -0.240. The Labute approximate surface area is 121 Å². The van der Waals surface area contributed by atoms with Gasteiger partial charge in [0.05, 0.1) is 0 Å². The highest BCUT2D eigenvalue weighted by atomic mass is 79.9. The van der Waals surface area contributed by atoms with Crippen LogP contribution in [0, 0.1) is 5.82 Å². The summed E-state index contributed by atoms with van der Waals surface area (Å²) in [5.41, 5.74) is 2.04. The highest BCUT2D eigenvalue weighted by molar-refractivity contribution is 9.10. The average molecular weight is 323 g/mol. The molecule has 4 heteroatoms. The van der Waals surface area contributed by atoms with Gasteiger partial charge in [-0.25, -0.2) is 4.39 Å². The van der Waals surface area contributed by atoms with E-state index >= 15 is 0 Å². The molecule has 2 atom stereocenters. The molecule has 2 aromatic rings. The van der Waals surface area contributed by atoms with Crippen LogP contribution in [0.4, 0.5) is 4.39 Å². The highest BCUT2D eigenvalue weighted by Crippen LogP contribution is 2.33. The van der Waals surface area contributed by atoms with Gasteiger partial charge in [0.2, 0.25) is 0 Å². The van der Waals surface area contributed by atoms with Crippen molar-refractivity contribution in [2.24, 2.45) is 0 Å². The molecule has 2 nitrogen and oxygen atoms in total. The predicted molar refractivity (Wildman–Crippen MR) is 78.6 cm³/mol. The van der Waals surface area contributed by atoms with Crippen LogP contribution in [0.25, 0.3) is 0 Å². The summed E-state index contributed by atoms with van der Waals surface area (Å²) in [6, 6.07) is 10.7. The van der Waals surface area contributed by atoms with Crippen LogP contribution < -0.4 is 5.32 Å². The minimum absolute atomic E-state index is 0.0740. The zero-order valence-electron chi connectivity index (χ0n) is 10.9. The molecule has 2 unspecified atom stereocenters. The molecule has 0 saturated carbocycles. The molecule has 0 radical (unpaired) electrons. The summed E-state index contributed by atoms with van der Waals surface area (Å²) in [6.07, 6.45) is 1.79. The Kier molecular flexibility index (Phi) is 4.66. The molecule has 0 fully saturated rings. The molecule has 0 aliphatic heterocycles. The molecule has 0 aliphatic rings. The molecular formula is C15H16BrFN2. The Bertz CT molecular complexity index is 545. The summed E-state index contributed by atoms with van der Waals surface area (Å²) >= 11 is 3.43. The van der Waals surface area contributed by atoms with Gasteiger partial charge in [-0.3, -0.25) is 4.98 Å². The third kappa shape index (κ3) is 3.19. The fourth-order valence-corrected chi connectivity index (χ4v) is 2.84. The maximum atomic E-state index is 13.2. The van der Waals surface area contributed by atoms with Crippen molar-refractivity contribution in [1.29, 1.82) is 0 Å². The topological polar surface area (TPSA) is 24.9 Å². The van der Waals surface area contributed by atoms with E-state index in [4.69, 9.17) is 0 Å². The minimum Gasteiger partial charge on any atom is -0.312 e. The first kappa shape index (κ1) is 14.2. The lowest BCUT2D eigenvalue weighted by Crippen LogP contribution is -2.23. The van der Waals surface area contributed by atoms with E-state index in [0.717, 1.165) is 15.7 Å². The van der Waals surface area contributed by atoms with Crippen molar-refractivity contribution < 1.29 is 4.39 Å². The number of halogens is 2. The van der Waals surface area contributed by atoms with Gasteiger partial charge < -0.3 is 5.32 Å². The van der Waals surface area contributed by atoms with Gasteiger partial charge >= 0.3 is 0 Å². The van der Waals surface area contributed by atoms with Crippen LogP contribution in [-0.2, 0) is 0 Å². The molecule has 1 aromatic carbocycles. The first-order valence-corrected chi connectivity index (χ1v) is 6.96. The van der Waals surface area contributed by atoms with E-state index in [9.17, 15) is 4.39 Å². The molecule has 0 aliphatic carbocycles. The van der Waals surface area contributed by atoms with Gasteiger partial charge in [-0.2, -0.15) is 0 Å². The van der Waals surface area contributed by atoms with Crippen LogP contribution in [0.15, 0.2) is 47.1 Å². The van der Waals surface area contributed by atoms with E-state index in [2.05, 4.69) is 33.2 Å². The maximum absolute atomic E-state index is 13.2. The predicted octanol–water partition coefficient (Wildman–Crippen LogP) is 4.05. The van der Waals surface area contributed by atoms with Crippen LogP contribution in [0.2, 0.25) is 0 Å². The highest BCUT2D eigenvalue weighted by Gasteiger charge is 2.22. The van der Waals surface area contributed by atoms with Gasteiger partial charge in [0.25, 0.3) is 0 Å². The van der Waals surface area contributed by atoms with E-state index < -0.39 is 0 Å². The number of pyridine rings is 1. The van der Waals surface area contributed by atoms with Crippen molar-refractivity contribution >= 4 is 15.9 Å². The Hall–Kier alpha value is -1.26. The monoisotopic (exact) mass is 322 g/mol. The SMILES string of the molecule is CNC(c1ccc(F)cc1Br)C(C)c1ccccn1. The van der Waals surface area contributed by atoms with Gasteiger partial charge in [0.15, 0.2) is 0 Å². The Morgan fingerprint density at radius 2 is 2.05 bits per heavy atom. The summed E-state index contributed by atoms with van der Waals surface area (Å²) in [7, 11) is 1.90. The first-order chi connectivity index (χ1) is 9.13. The zero-order valence-corrected chi connectivity index (χ0v) is 12.5. The fourth-order valence-electron chi connectivity index (χ4n) is 2.24. The molecular weight excluding hydrogens is 307 g/mol. The third-order valence-corrected chi connectivity index (χ3v) is 3.95. The summed E-state index contributed by atoms with van der Waals surface area (Å²) in [4.78, 5) is 4.39. The van der Waals surface area contributed by atoms with E-state index in [1.807, 2.05) is 25.2 Å². The molecule has 0 amide bonds. The lowest BCUT2D eigenvalue weighted by atomic mass is 9.91. The van der Waals surface area contributed by atoms with Gasteiger partial charge in [-0.05, 0) is 36.9 Å². The lowest BCUT2D eigenvalue weighted by Gasteiger charge is -2.24. The smallest absolute Gasteiger partial charge is 0.124 e. The summed E-state index contributed by atoms with van der Waals surface area (Å²) < 4.78 is 13.9. The Balaban J connectivity index is 2.34. The third-order valence-electron chi connectivity index (χ3n) is 3.26. The standard InChI is InChI=1S/C15H16BrFN2/c1-10(14-5-3-4-8-19-14)15(18-2)12-7-6-11(17)9-13(12)16/h3-10,15,18H,1-2H3. The van der Waals surface area contributed by atoms with Crippen LogP contribution in [0.3, 0.4) is 0 Å². The van der Waals surface area contributed by atoms with Crippen molar-refractivity contribution in [2.75, 3.05) is 7.05 Å². The molecule has 100 valence electrons. The number of rotatable bonds is 4. The molecule has 0 saturated heterocycles. The largest absolute Gasteiger partial charge is 0.312 e. The molecule has 0 spiro atoms.